The molecule has 0 saturated heterocycles. The van der Waals surface area contributed by atoms with E-state index in [1.807, 2.05) is 0 Å². The molecule has 158 valence electrons. The first-order valence-electron chi connectivity index (χ1n) is 8.71. The summed E-state index contributed by atoms with van der Waals surface area (Å²) in [6.07, 6.45) is 1.00. The molecule has 0 aliphatic carbocycles. The van der Waals surface area contributed by atoms with Gasteiger partial charge in [0.25, 0.3) is 5.91 Å². The van der Waals surface area contributed by atoms with E-state index in [2.05, 4.69) is 31.1 Å². The van der Waals surface area contributed by atoms with E-state index in [-0.39, 0.29) is 17.3 Å². The van der Waals surface area contributed by atoms with Gasteiger partial charge < -0.3 is 14.8 Å². The van der Waals surface area contributed by atoms with Crippen molar-refractivity contribution in [2.75, 3.05) is 17.7 Å². The number of ether oxygens (including phenoxy) is 1. The van der Waals surface area contributed by atoms with Gasteiger partial charge in [0.1, 0.15) is 11.8 Å². The number of carbonyl (C=O) groups is 1. The van der Waals surface area contributed by atoms with Crippen LogP contribution in [0.5, 0.6) is 11.6 Å². The maximum Gasteiger partial charge on any atom is 0.287 e. The number of H-pyrrole nitrogens is 1. The van der Waals surface area contributed by atoms with Gasteiger partial charge in [-0.25, -0.2) is 8.42 Å². The Morgan fingerprint density at radius 2 is 1.90 bits per heavy atom. The molecule has 0 radical (unpaired) electrons. The number of fused-ring (bicyclic) bond motifs is 1. The van der Waals surface area contributed by atoms with Crippen LogP contribution in [0.2, 0.25) is 0 Å². The van der Waals surface area contributed by atoms with Crippen molar-refractivity contribution in [3.05, 3.63) is 46.9 Å². The average molecular weight is 495 g/mol. The van der Waals surface area contributed by atoms with Crippen LogP contribution in [-0.4, -0.2) is 43.8 Å². The van der Waals surface area contributed by atoms with Crippen molar-refractivity contribution >= 4 is 54.1 Å². The Bertz CT molecular complexity index is 1220. The summed E-state index contributed by atoms with van der Waals surface area (Å²) < 4.78 is 31.5. The van der Waals surface area contributed by atoms with E-state index in [0.717, 1.165) is 15.0 Å². The maximum absolute atomic E-state index is 12.6. The summed E-state index contributed by atoms with van der Waals surface area (Å²) in [5.41, 5.74) is 0.983. The van der Waals surface area contributed by atoms with Crippen LogP contribution in [0.1, 0.15) is 6.92 Å². The minimum atomic E-state index is -3.79. The molecular weight excluding hydrogens is 476 g/mol. The van der Waals surface area contributed by atoms with Crippen molar-refractivity contribution in [3.63, 3.8) is 0 Å². The molecule has 2 aromatic carbocycles. The number of aromatic amines is 1. The third-order valence-corrected chi connectivity index (χ3v) is 6.09. The molecule has 9 nitrogen and oxygen atoms in total. The first kappa shape index (κ1) is 21.8. The number of hydrogen-bond donors (Lipinski definition) is 2. The highest BCUT2D eigenvalue weighted by Crippen LogP contribution is 2.37. The molecule has 3 rings (SSSR count). The number of methoxy groups -OCH3 is 1. The van der Waals surface area contributed by atoms with Gasteiger partial charge in [-0.3, -0.25) is 9.10 Å². The summed E-state index contributed by atoms with van der Waals surface area (Å²) in [7, 11) is -2.30. The van der Waals surface area contributed by atoms with Crippen LogP contribution in [-0.2, 0) is 14.8 Å². The van der Waals surface area contributed by atoms with Crippen LogP contribution >= 0.6 is 15.9 Å². The minimum Gasteiger partial charge on any atom is -0.497 e. The van der Waals surface area contributed by atoms with Crippen LogP contribution in [0.15, 0.2) is 57.2 Å². The van der Waals surface area contributed by atoms with Gasteiger partial charge in [-0.15, -0.1) is 10.2 Å². The lowest BCUT2D eigenvalue weighted by Gasteiger charge is -2.26. The normalized spacial score (nSPS) is 12.9. The summed E-state index contributed by atoms with van der Waals surface area (Å²) in [6, 6.07) is 10.3. The molecule has 0 spiro atoms. The molecule has 30 heavy (non-hydrogen) atoms. The van der Waals surface area contributed by atoms with Gasteiger partial charge in [-0.2, -0.15) is 0 Å². The third-order valence-electron chi connectivity index (χ3n) is 4.36. The Morgan fingerprint density at radius 3 is 2.50 bits per heavy atom. The van der Waals surface area contributed by atoms with Crippen molar-refractivity contribution in [3.8, 4) is 11.6 Å². The number of anilines is 1. The second kappa shape index (κ2) is 8.44. The van der Waals surface area contributed by atoms with E-state index in [9.17, 15) is 18.3 Å². The highest BCUT2D eigenvalue weighted by atomic mass is 79.9. The lowest BCUT2D eigenvalue weighted by atomic mass is 10.2. The van der Waals surface area contributed by atoms with Crippen LogP contribution < -0.4 is 9.04 Å². The summed E-state index contributed by atoms with van der Waals surface area (Å²) in [4.78, 5) is 15.4. The quantitative estimate of drug-likeness (QED) is 0.498. The van der Waals surface area contributed by atoms with E-state index >= 15 is 0 Å². The first-order valence-corrected chi connectivity index (χ1v) is 11.3. The van der Waals surface area contributed by atoms with E-state index in [1.54, 1.807) is 30.3 Å². The Hall–Kier alpha value is -2.92. The number of hydrogen-bond acceptors (Lipinski definition) is 6. The number of benzene rings is 2. The van der Waals surface area contributed by atoms with Gasteiger partial charge in [0.15, 0.2) is 5.69 Å². The Balaban J connectivity index is 1.92. The molecule has 0 aliphatic rings. The fourth-order valence-electron chi connectivity index (χ4n) is 2.95. The summed E-state index contributed by atoms with van der Waals surface area (Å²) >= 11 is 3.34. The van der Waals surface area contributed by atoms with Gasteiger partial charge in [0.2, 0.25) is 15.9 Å². The molecule has 0 saturated carbocycles. The van der Waals surface area contributed by atoms with Crippen molar-refractivity contribution in [1.29, 1.82) is 0 Å². The smallest absolute Gasteiger partial charge is 0.287 e. The predicted octanol–water partition coefficient (Wildman–Crippen LogP) is 4.11. The minimum absolute atomic E-state index is 0.0854. The second-order valence-corrected chi connectivity index (χ2v) is 9.26. The third kappa shape index (κ3) is 4.46. The highest BCUT2D eigenvalue weighted by molar-refractivity contribution is 9.10. The monoisotopic (exact) mass is 494 g/mol. The SMILES string of the molecule is COc1ccc(N(C(C)C(=O)N=Nc2c(O)[nH]c3ccc(Br)cc23)S(C)(=O)=O)cc1. The number of carbonyl (C=O) groups excluding carboxylic acids is 1. The largest absolute Gasteiger partial charge is 0.497 e. The Kier molecular flexibility index (Phi) is 6.13. The van der Waals surface area contributed by atoms with Crippen LogP contribution in [0.4, 0.5) is 11.4 Å². The number of aromatic hydroxyl groups is 1. The fraction of sp³-hybridized carbons (Fsp3) is 0.211. The number of aromatic nitrogens is 1. The Labute approximate surface area is 181 Å². The van der Waals surface area contributed by atoms with Crippen molar-refractivity contribution in [2.24, 2.45) is 10.2 Å². The summed E-state index contributed by atoms with van der Waals surface area (Å²) in [5, 5.41) is 18.2. The highest BCUT2D eigenvalue weighted by Gasteiger charge is 2.29. The lowest BCUT2D eigenvalue weighted by Crippen LogP contribution is -2.42. The first-order chi connectivity index (χ1) is 14.1. The summed E-state index contributed by atoms with van der Waals surface area (Å²) in [6.45, 7) is 1.41. The van der Waals surface area contributed by atoms with Crippen molar-refractivity contribution in [1.82, 2.24) is 4.98 Å². The molecule has 1 aromatic heterocycles. The summed E-state index contributed by atoms with van der Waals surface area (Å²) in [5.74, 6) is -0.491. The van der Waals surface area contributed by atoms with Crippen LogP contribution in [0.3, 0.4) is 0 Å². The standard InChI is InChI=1S/C19H19BrN4O5S/c1-11(24(30(3,27)28)13-5-7-14(29-2)8-6-13)18(25)23-22-17-15-10-12(20)4-9-16(15)21-19(17)26/h4-11,21,26H,1-3H3. The zero-order valence-corrected chi connectivity index (χ0v) is 18.7. The van der Waals surface area contributed by atoms with E-state index in [4.69, 9.17) is 4.74 Å². The maximum atomic E-state index is 12.6. The lowest BCUT2D eigenvalue weighted by molar-refractivity contribution is -0.119. The molecule has 1 amide bonds. The molecule has 1 atom stereocenters. The second-order valence-electron chi connectivity index (χ2n) is 6.48. The van der Waals surface area contributed by atoms with E-state index < -0.39 is 22.0 Å². The molecule has 0 fully saturated rings. The fourth-order valence-corrected chi connectivity index (χ4v) is 4.48. The zero-order valence-electron chi connectivity index (χ0n) is 16.3. The molecule has 11 heteroatoms. The van der Waals surface area contributed by atoms with Crippen molar-refractivity contribution < 1.29 is 23.1 Å². The number of halogens is 1. The van der Waals surface area contributed by atoms with Crippen molar-refractivity contribution in [2.45, 2.75) is 13.0 Å². The van der Waals surface area contributed by atoms with Crippen LogP contribution in [0.25, 0.3) is 10.9 Å². The van der Waals surface area contributed by atoms with Gasteiger partial charge in [-0.05, 0) is 49.4 Å². The number of rotatable bonds is 6. The molecule has 3 aromatic rings. The molecule has 1 heterocycles. The zero-order chi connectivity index (χ0) is 22.1. The van der Waals surface area contributed by atoms with E-state index in [0.29, 0.717) is 16.7 Å². The van der Waals surface area contributed by atoms with Crippen LogP contribution in [0, 0.1) is 0 Å². The number of sulfonamides is 1. The predicted molar refractivity (Wildman–Crippen MR) is 117 cm³/mol. The Morgan fingerprint density at radius 1 is 1.23 bits per heavy atom. The number of amides is 1. The molecular formula is C19H19BrN4O5S. The van der Waals surface area contributed by atoms with Gasteiger partial charge in [0.05, 0.1) is 24.6 Å². The number of nitrogens with one attached hydrogen (secondary N) is 1. The average Bonchev–Trinajstić information content (AvgIpc) is 3.00. The molecule has 1 unspecified atom stereocenters. The topological polar surface area (TPSA) is 124 Å². The number of azo groups is 1. The van der Waals surface area contributed by atoms with E-state index in [1.165, 1.54) is 26.2 Å². The molecule has 0 aliphatic heterocycles. The van der Waals surface area contributed by atoms with Gasteiger partial charge >= 0.3 is 0 Å². The molecule has 2 N–H and O–H groups in total. The van der Waals surface area contributed by atoms with Gasteiger partial charge in [0, 0.05) is 9.86 Å². The number of nitrogens with zero attached hydrogens (tertiary/aromatic N) is 3. The van der Waals surface area contributed by atoms with Gasteiger partial charge in [-0.1, -0.05) is 15.9 Å². The molecule has 0 bridgehead atoms.